The molecule has 0 radical (unpaired) electrons. The Morgan fingerprint density at radius 1 is 1.11 bits per heavy atom. The first-order valence-corrected chi connectivity index (χ1v) is 12.2. The van der Waals surface area contributed by atoms with Crippen LogP contribution in [0.15, 0.2) is 23.4 Å². The molecule has 1 N–H and O–H groups in total. The Balaban J connectivity index is 3.04. The first-order chi connectivity index (χ1) is 8.54. The average molecular weight is 300 g/mol. The van der Waals surface area contributed by atoms with Crippen molar-refractivity contribution in [3.63, 3.8) is 0 Å². The molecule has 1 unspecified atom stereocenters. The largest absolute Gasteiger partial charge is 0.436 e. The Labute approximate surface area is 120 Å². The van der Waals surface area contributed by atoms with E-state index < -0.39 is 16.8 Å². The first kappa shape index (κ1) is 16.8. The molecular formula is C14H29NO2Si2. The lowest BCUT2D eigenvalue weighted by molar-refractivity contribution is 0.209. The third-order valence-corrected chi connectivity index (χ3v) is 8.92. The van der Waals surface area contributed by atoms with Gasteiger partial charge in [0.15, 0.2) is 0 Å². The van der Waals surface area contributed by atoms with E-state index in [0.717, 1.165) is 0 Å². The van der Waals surface area contributed by atoms with Crippen molar-refractivity contribution in [1.82, 2.24) is 4.98 Å². The molecule has 0 fully saturated rings. The highest BCUT2D eigenvalue weighted by molar-refractivity contribution is 6.84. The lowest BCUT2D eigenvalue weighted by atomic mass is 10.1. The normalized spacial score (nSPS) is 20.8. The first-order valence-electron chi connectivity index (χ1n) is 6.84. The fourth-order valence-electron chi connectivity index (χ4n) is 2.31. The molecule has 3 nitrogen and oxygen atoms in total. The van der Waals surface area contributed by atoms with E-state index in [1.807, 2.05) is 0 Å². The number of allylic oxidation sites excluding steroid dienone is 4. The van der Waals surface area contributed by atoms with Gasteiger partial charge in [-0.15, -0.1) is 0 Å². The molecule has 0 saturated heterocycles. The van der Waals surface area contributed by atoms with E-state index in [9.17, 15) is 0 Å². The second kappa shape index (κ2) is 5.65. The minimum Gasteiger partial charge on any atom is -0.386 e. The Kier molecular flexibility index (Phi) is 5.01. The molecule has 0 bridgehead atoms. The maximum atomic E-state index is 5.83. The van der Waals surface area contributed by atoms with Gasteiger partial charge in [-0.2, -0.15) is 0 Å². The molecule has 0 aromatic heterocycles. The summed E-state index contributed by atoms with van der Waals surface area (Å²) in [6, 6.07) is 0. The van der Waals surface area contributed by atoms with Crippen molar-refractivity contribution in [2.45, 2.75) is 51.5 Å². The van der Waals surface area contributed by atoms with Crippen molar-refractivity contribution in [3.05, 3.63) is 23.4 Å². The van der Waals surface area contributed by atoms with Gasteiger partial charge in [0.05, 0.1) is 13.6 Å². The van der Waals surface area contributed by atoms with Crippen LogP contribution in [0.5, 0.6) is 0 Å². The summed E-state index contributed by atoms with van der Waals surface area (Å²) >= 11 is 0. The van der Waals surface area contributed by atoms with Crippen molar-refractivity contribution in [3.8, 4) is 0 Å². The maximum absolute atomic E-state index is 5.83. The van der Waals surface area contributed by atoms with E-state index in [1.165, 1.54) is 5.20 Å². The molecular weight excluding hydrogens is 270 g/mol. The molecule has 0 spiro atoms. The highest BCUT2D eigenvalue weighted by Gasteiger charge is 2.47. The summed E-state index contributed by atoms with van der Waals surface area (Å²) in [5.41, 5.74) is 0.213. The topological polar surface area (TPSA) is 30.5 Å². The van der Waals surface area contributed by atoms with Crippen LogP contribution in [0.1, 0.15) is 20.8 Å². The minimum absolute atomic E-state index is 0.0260. The quantitative estimate of drug-likeness (QED) is 0.790. The molecule has 0 amide bonds. The number of nitrogens with one attached hydrogen (secondary N) is 1. The van der Waals surface area contributed by atoms with Crippen molar-refractivity contribution in [2.75, 3.05) is 14.2 Å². The third-order valence-electron chi connectivity index (χ3n) is 3.30. The number of hydrogen-bond donors (Lipinski definition) is 1. The summed E-state index contributed by atoms with van der Waals surface area (Å²) in [5, 5.41) is 1.49. The fourth-order valence-corrected chi connectivity index (χ4v) is 6.63. The monoisotopic (exact) mass is 299 g/mol. The van der Waals surface area contributed by atoms with E-state index in [-0.39, 0.29) is 11.1 Å². The molecule has 1 aliphatic rings. The second-order valence-electron chi connectivity index (χ2n) is 7.21. The highest BCUT2D eigenvalue weighted by Crippen LogP contribution is 2.35. The molecule has 0 aliphatic heterocycles. The van der Waals surface area contributed by atoms with E-state index in [2.05, 4.69) is 63.6 Å². The Morgan fingerprint density at radius 3 is 1.95 bits per heavy atom. The minimum atomic E-state index is -2.46. The van der Waals surface area contributed by atoms with Gasteiger partial charge in [0, 0.05) is 19.8 Å². The van der Waals surface area contributed by atoms with Crippen LogP contribution in [0.3, 0.4) is 0 Å². The molecule has 5 heteroatoms. The zero-order chi connectivity index (χ0) is 14.9. The number of hydrogen-bond acceptors (Lipinski definition) is 3. The summed E-state index contributed by atoms with van der Waals surface area (Å²) in [6.45, 7) is 13.5. The third kappa shape index (κ3) is 4.13. The zero-order valence-electron chi connectivity index (χ0n) is 13.6. The van der Waals surface area contributed by atoms with Gasteiger partial charge in [-0.3, -0.25) is 4.98 Å². The van der Waals surface area contributed by atoms with Gasteiger partial charge in [0.1, 0.15) is 0 Å². The summed E-state index contributed by atoms with van der Waals surface area (Å²) < 4.78 is 11.7. The molecule has 1 aliphatic carbocycles. The second-order valence-corrected chi connectivity index (χ2v) is 15.4. The molecule has 1 rings (SSSR count). The van der Waals surface area contributed by atoms with Crippen LogP contribution in [0.2, 0.25) is 25.2 Å². The van der Waals surface area contributed by atoms with Crippen LogP contribution in [0, 0.1) is 0 Å². The maximum Gasteiger partial charge on any atom is 0.436 e. The van der Waals surface area contributed by atoms with Crippen molar-refractivity contribution < 1.29 is 8.85 Å². The lowest BCUT2D eigenvalue weighted by Crippen LogP contribution is -2.63. The van der Waals surface area contributed by atoms with Crippen molar-refractivity contribution >= 4 is 16.8 Å². The SMILES string of the molecule is CO[Si](NC(C)(C)C)(OC)C1C=CC([Si](C)(C)C)=C1. The zero-order valence-corrected chi connectivity index (χ0v) is 15.6. The summed E-state index contributed by atoms with van der Waals surface area (Å²) in [6.07, 6.45) is 6.86. The predicted molar refractivity (Wildman–Crippen MR) is 87.0 cm³/mol. The van der Waals surface area contributed by atoms with E-state index >= 15 is 0 Å². The standard InChI is InChI=1S/C14H29NO2Si2/c1-14(2,3)15-19(16-4,17-5)13-10-9-12(11-13)18(6,7)8/h9-11,13,15H,1-8H3. The molecule has 0 aromatic carbocycles. The molecule has 0 aromatic rings. The predicted octanol–water partition coefficient (Wildman–Crippen LogP) is 3.35. The van der Waals surface area contributed by atoms with E-state index in [1.54, 1.807) is 14.2 Å². The summed E-state index contributed by atoms with van der Waals surface area (Å²) in [4.78, 5) is 3.60. The van der Waals surface area contributed by atoms with Crippen molar-refractivity contribution in [2.24, 2.45) is 0 Å². The Hall–Kier alpha value is -0.206. The van der Waals surface area contributed by atoms with Crippen LogP contribution < -0.4 is 4.98 Å². The van der Waals surface area contributed by atoms with Crippen LogP contribution in [-0.2, 0) is 8.85 Å². The van der Waals surface area contributed by atoms with Crippen LogP contribution in [0.4, 0.5) is 0 Å². The Bertz CT molecular complexity index is 374. The Morgan fingerprint density at radius 2 is 1.63 bits per heavy atom. The molecule has 110 valence electrons. The molecule has 0 heterocycles. The molecule has 0 saturated carbocycles. The average Bonchev–Trinajstić information content (AvgIpc) is 2.73. The van der Waals surface area contributed by atoms with Gasteiger partial charge in [0.25, 0.3) is 0 Å². The van der Waals surface area contributed by atoms with Crippen LogP contribution >= 0.6 is 0 Å². The number of rotatable bonds is 5. The van der Waals surface area contributed by atoms with Gasteiger partial charge in [0.2, 0.25) is 0 Å². The van der Waals surface area contributed by atoms with Gasteiger partial charge in [-0.25, -0.2) is 0 Å². The summed E-state index contributed by atoms with van der Waals surface area (Å²) in [7, 11) is -0.223. The van der Waals surface area contributed by atoms with E-state index in [0.29, 0.717) is 0 Å². The van der Waals surface area contributed by atoms with Gasteiger partial charge in [-0.1, -0.05) is 43.1 Å². The lowest BCUT2D eigenvalue weighted by Gasteiger charge is -2.37. The van der Waals surface area contributed by atoms with Gasteiger partial charge < -0.3 is 8.85 Å². The molecule has 19 heavy (non-hydrogen) atoms. The van der Waals surface area contributed by atoms with Gasteiger partial charge >= 0.3 is 8.72 Å². The van der Waals surface area contributed by atoms with E-state index in [4.69, 9.17) is 8.85 Å². The summed E-state index contributed by atoms with van der Waals surface area (Å²) in [5.74, 6) is 0. The van der Waals surface area contributed by atoms with Gasteiger partial charge in [-0.05, 0) is 20.8 Å². The van der Waals surface area contributed by atoms with Crippen LogP contribution in [0.25, 0.3) is 0 Å². The fraction of sp³-hybridized carbons (Fsp3) is 0.714. The highest BCUT2D eigenvalue weighted by atomic mass is 28.4. The smallest absolute Gasteiger partial charge is 0.386 e. The molecule has 1 atom stereocenters. The van der Waals surface area contributed by atoms with Crippen molar-refractivity contribution in [1.29, 1.82) is 0 Å². The van der Waals surface area contributed by atoms with Crippen LogP contribution in [-0.4, -0.2) is 36.6 Å².